The number of halogens is 1. The third-order valence-electron chi connectivity index (χ3n) is 4.15. The summed E-state index contributed by atoms with van der Waals surface area (Å²) < 4.78 is 27.2. The van der Waals surface area contributed by atoms with Crippen molar-refractivity contribution < 1.29 is 8.42 Å². The van der Waals surface area contributed by atoms with Gasteiger partial charge in [0.25, 0.3) is 0 Å². The Hall–Kier alpha value is -2.00. The van der Waals surface area contributed by atoms with E-state index in [2.05, 4.69) is 0 Å². The molecule has 5 N–H and O–H groups in total. The summed E-state index contributed by atoms with van der Waals surface area (Å²) in [5.41, 5.74) is 14.2. The fourth-order valence-electron chi connectivity index (χ4n) is 2.90. The van der Waals surface area contributed by atoms with Crippen molar-refractivity contribution in [3.63, 3.8) is 0 Å². The van der Waals surface area contributed by atoms with Crippen LogP contribution in [-0.4, -0.2) is 20.5 Å². The zero-order valence-electron chi connectivity index (χ0n) is 15.1. The maximum Gasteiger partial charge on any atom is 0.208 e. The average Bonchev–Trinajstić information content (AvgIpc) is 3.07. The number of hydrogen-bond donors (Lipinski definition) is 3. The monoisotopic (exact) mass is 451 g/mol. The highest BCUT2D eigenvalue weighted by molar-refractivity contribution is 8.01. The Balaban J connectivity index is 2.16. The Morgan fingerprint density at radius 2 is 1.93 bits per heavy atom. The molecule has 0 fully saturated rings. The molecule has 146 valence electrons. The molecule has 1 aromatic heterocycles. The van der Waals surface area contributed by atoms with Gasteiger partial charge in [-0.1, -0.05) is 23.7 Å². The summed E-state index contributed by atoms with van der Waals surface area (Å²) in [6.07, 6.45) is 1.79. The smallest absolute Gasteiger partial charge is 0.208 e. The van der Waals surface area contributed by atoms with Crippen molar-refractivity contribution in [1.29, 1.82) is 5.41 Å². The van der Waals surface area contributed by atoms with Crippen molar-refractivity contribution in [3.8, 4) is 11.1 Å². The molecule has 9 heteroatoms. The summed E-state index contributed by atoms with van der Waals surface area (Å²) in [6, 6.07) is 11.6. The maximum atomic E-state index is 13.3. The second-order valence-corrected chi connectivity index (χ2v) is 10.6. The molecule has 2 aromatic carbocycles. The number of nitrogen functional groups attached to an aromatic ring is 2. The number of sulfone groups is 1. The first-order valence-electron chi connectivity index (χ1n) is 8.08. The summed E-state index contributed by atoms with van der Waals surface area (Å²) >= 11 is 8.88. The molecule has 3 rings (SSSR count). The lowest BCUT2D eigenvalue weighted by Gasteiger charge is -2.12. The molecule has 1 heterocycles. The molecule has 0 aliphatic carbocycles. The standard InChI is InChI=1S/C19H18ClN3O2S3/c1-10-6-12(21)8-14(20)17(10)11-4-3-5-13(7-11)28(24,25)16-9-15(18(22)23)27-19(16)26-2/h3-9H,21H2,1-2H3,(H3,22,23). The highest BCUT2D eigenvalue weighted by Gasteiger charge is 2.25. The number of benzene rings is 2. The molecule has 5 nitrogen and oxygen atoms in total. The second-order valence-electron chi connectivity index (χ2n) is 6.11. The normalized spacial score (nSPS) is 11.5. The van der Waals surface area contributed by atoms with Crippen LogP contribution in [0.5, 0.6) is 0 Å². The van der Waals surface area contributed by atoms with E-state index in [9.17, 15) is 8.42 Å². The molecule has 0 aliphatic rings. The molecule has 0 bridgehead atoms. The number of hydrogen-bond acceptors (Lipinski definition) is 6. The van der Waals surface area contributed by atoms with Crippen LogP contribution in [0.3, 0.4) is 0 Å². The van der Waals surface area contributed by atoms with Gasteiger partial charge in [0, 0.05) is 11.3 Å². The predicted molar refractivity (Wildman–Crippen MR) is 119 cm³/mol. The second kappa shape index (κ2) is 7.79. The van der Waals surface area contributed by atoms with Crippen LogP contribution >= 0.6 is 34.7 Å². The van der Waals surface area contributed by atoms with Crippen LogP contribution in [-0.2, 0) is 9.84 Å². The molecule has 0 spiro atoms. The summed E-state index contributed by atoms with van der Waals surface area (Å²) in [5.74, 6) is -0.153. The van der Waals surface area contributed by atoms with E-state index in [-0.39, 0.29) is 15.6 Å². The molecule has 0 atom stereocenters. The number of rotatable bonds is 5. The van der Waals surface area contributed by atoms with E-state index in [1.807, 2.05) is 13.0 Å². The van der Waals surface area contributed by atoms with E-state index in [1.54, 1.807) is 36.6 Å². The Morgan fingerprint density at radius 1 is 1.21 bits per heavy atom. The van der Waals surface area contributed by atoms with Crippen molar-refractivity contribution in [2.75, 3.05) is 12.0 Å². The Kier molecular flexibility index (Phi) is 5.77. The Bertz CT molecular complexity index is 1160. The predicted octanol–water partition coefficient (Wildman–Crippen LogP) is 4.80. The van der Waals surface area contributed by atoms with Gasteiger partial charge in [0.15, 0.2) is 0 Å². The van der Waals surface area contributed by atoms with Gasteiger partial charge in [-0.2, -0.15) is 0 Å². The highest BCUT2D eigenvalue weighted by Crippen LogP contribution is 2.39. The number of anilines is 1. The van der Waals surface area contributed by atoms with E-state index in [1.165, 1.54) is 29.2 Å². The van der Waals surface area contributed by atoms with Crippen LogP contribution in [0.15, 0.2) is 56.5 Å². The van der Waals surface area contributed by atoms with Gasteiger partial charge in [0.2, 0.25) is 9.84 Å². The first-order valence-corrected chi connectivity index (χ1v) is 12.0. The number of nitrogens with one attached hydrogen (secondary N) is 1. The quantitative estimate of drug-likeness (QED) is 0.223. The summed E-state index contributed by atoms with van der Waals surface area (Å²) in [4.78, 5) is 0.740. The first-order chi connectivity index (χ1) is 13.1. The summed E-state index contributed by atoms with van der Waals surface area (Å²) in [7, 11) is -3.79. The first kappa shape index (κ1) is 20.7. The largest absolute Gasteiger partial charge is 0.399 e. The van der Waals surface area contributed by atoms with Crippen molar-refractivity contribution >= 4 is 56.1 Å². The van der Waals surface area contributed by atoms with Crippen LogP contribution in [0, 0.1) is 12.3 Å². The third-order valence-corrected chi connectivity index (χ3v) is 8.78. The zero-order valence-corrected chi connectivity index (χ0v) is 18.3. The molecule has 0 aliphatic heterocycles. The van der Waals surface area contributed by atoms with Crippen molar-refractivity contribution in [1.82, 2.24) is 0 Å². The molecule has 0 saturated heterocycles. The number of thiophene rings is 1. The fourth-order valence-corrected chi connectivity index (χ4v) is 7.19. The number of aryl methyl sites for hydroxylation is 1. The van der Waals surface area contributed by atoms with Gasteiger partial charge in [0.05, 0.1) is 23.9 Å². The molecule has 3 aromatic rings. The van der Waals surface area contributed by atoms with Gasteiger partial charge < -0.3 is 11.5 Å². The van der Waals surface area contributed by atoms with Crippen LogP contribution in [0.1, 0.15) is 10.4 Å². The molecular weight excluding hydrogens is 434 g/mol. The van der Waals surface area contributed by atoms with Crippen molar-refractivity contribution in [2.45, 2.75) is 20.9 Å². The van der Waals surface area contributed by atoms with E-state index >= 15 is 0 Å². The van der Waals surface area contributed by atoms with E-state index in [0.29, 0.717) is 25.4 Å². The summed E-state index contributed by atoms with van der Waals surface area (Å²) in [5, 5.41) is 8.06. The zero-order chi connectivity index (χ0) is 20.6. The Morgan fingerprint density at radius 3 is 2.54 bits per heavy atom. The minimum absolute atomic E-state index is 0.153. The van der Waals surface area contributed by atoms with Crippen LogP contribution in [0.2, 0.25) is 5.02 Å². The molecule has 0 radical (unpaired) electrons. The van der Waals surface area contributed by atoms with Gasteiger partial charge in [-0.3, -0.25) is 5.41 Å². The molecule has 28 heavy (non-hydrogen) atoms. The van der Waals surface area contributed by atoms with Gasteiger partial charge in [0.1, 0.15) is 5.84 Å². The molecule has 0 amide bonds. The minimum Gasteiger partial charge on any atom is -0.399 e. The fraction of sp³-hybridized carbons (Fsp3) is 0.105. The lowest BCUT2D eigenvalue weighted by Crippen LogP contribution is -2.08. The number of nitrogens with two attached hydrogens (primary N) is 2. The molecule has 0 unspecified atom stereocenters. The van der Waals surface area contributed by atoms with E-state index in [0.717, 1.165) is 11.1 Å². The summed E-state index contributed by atoms with van der Waals surface area (Å²) in [6.45, 7) is 1.88. The number of thioether (sulfide) groups is 1. The lowest BCUT2D eigenvalue weighted by atomic mass is 10.00. The lowest BCUT2D eigenvalue weighted by molar-refractivity contribution is 0.595. The minimum atomic E-state index is -3.79. The molecular formula is C19H18ClN3O2S3. The SMILES string of the molecule is CSc1sc(C(=N)N)cc1S(=O)(=O)c1cccc(-c2c(C)cc(N)cc2Cl)c1. The average molecular weight is 452 g/mol. The Labute approximate surface area is 177 Å². The molecule has 0 saturated carbocycles. The van der Waals surface area contributed by atoms with Gasteiger partial charge >= 0.3 is 0 Å². The van der Waals surface area contributed by atoms with Crippen LogP contribution < -0.4 is 11.5 Å². The van der Waals surface area contributed by atoms with E-state index < -0.39 is 9.84 Å². The number of amidine groups is 1. The topological polar surface area (TPSA) is 110 Å². The van der Waals surface area contributed by atoms with E-state index in [4.69, 9.17) is 28.5 Å². The van der Waals surface area contributed by atoms with Gasteiger partial charge in [-0.25, -0.2) is 8.42 Å². The van der Waals surface area contributed by atoms with Gasteiger partial charge in [-0.15, -0.1) is 23.1 Å². The van der Waals surface area contributed by atoms with Crippen LogP contribution in [0.4, 0.5) is 5.69 Å². The van der Waals surface area contributed by atoms with Crippen LogP contribution in [0.25, 0.3) is 11.1 Å². The van der Waals surface area contributed by atoms with Crippen molar-refractivity contribution in [2.24, 2.45) is 5.73 Å². The van der Waals surface area contributed by atoms with Gasteiger partial charge in [-0.05, 0) is 54.6 Å². The highest BCUT2D eigenvalue weighted by atomic mass is 35.5. The maximum absolute atomic E-state index is 13.3. The van der Waals surface area contributed by atoms with Crippen molar-refractivity contribution in [3.05, 3.63) is 57.9 Å². The third kappa shape index (κ3) is 3.77.